The molecule has 1 fully saturated rings. The molecule has 1 aromatic rings. The first-order valence-corrected chi connectivity index (χ1v) is 6.96. The number of ketones is 1. The van der Waals surface area contributed by atoms with E-state index < -0.39 is 0 Å². The van der Waals surface area contributed by atoms with Crippen molar-refractivity contribution in [3.05, 3.63) is 35.4 Å². The van der Waals surface area contributed by atoms with Crippen molar-refractivity contribution < 1.29 is 4.79 Å². The second-order valence-electron chi connectivity index (χ2n) is 5.67. The molecular weight excluding hydrogens is 222 g/mol. The molecule has 0 radical (unpaired) electrons. The largest absolute Gasteiger partial charge is 0.316 e. The topological polar surface area (TPSA) is 29.1 Å². The van der Waals surface area contributed by atoms with Crippen LogP contribution in [0.1, 0.15) is 43.7 Å². The van der Waals surface area contributed by atoms with E-state index in [1.807, 2.05) is 0 Å². The highest BCUT2D eigenvalue weighted by atomic mass is 16.1. The summed E-state index contributed by atoms with van der Waals surface area (Å²) in [4.78, 5) is 12.0. The molecule has 1 aliphatic rings. The molecule has 0 unspecified atom stereocenters. The Morgan fingerprint density at radius 3 is 2.61 bits per heavy atom. The van der Waals surface area contributed by atoms with E-state index in [-0.39, 0.29) is 0 Å². The summed E-state index contributed by atoms with van der Waals surface area (Å²) in [5.74, 6) is 1.49. The van der Waals surface area contributed by atoms with Crippen molar-refractivity contribution in [2.45, 2.75) is 39.0 Å². The zero-order valence-corrected chi connectivity index (χ0v) is 11.4. The third-order valence-electron chi connectivity index (χ3n) is 3.73. The van der Waals surface area contributed by atoms with Crippen LogP contribution >= 0.6 is 0 Å². The van der Waals surface area contributed by atoms with Gasteiger partial charge in [-0.3, -0.25) is 4.79 Å². The normalized spacial score (nSPS) is 19.4. The number of nitrogens with one attached hydrogen (secondary N) is 1. The molecule has 18 heavy (non-hydrogen) atoms. The van der Waals surface area contributed by atoms with E-state index in [2.05, 4.69) is 43.4 Å². The fraction of sp³-hybridized carbons (Fsp3) is 0.562. The van der Waals surface area contributed by atoms with E-state index in [9.17, 15) is 4.79 Å². The van der Waals surface area contributed by atoms with Gasteiger partial charge in [0.05, 0.1) is 0 Å². The summed E-state index contributed by atoms with van der Waals surface area (Å²) in [7, 11) is 0. The lowest BCUT2D eigenvalue weighted by molar-refractivity contribution is -0.119. The molecule has 2 heteroatoms. The molecule has 1 atom stereocenters. The third-order valence-corrected chi connectivity index (χ3v) is 3.73. The highest BCUT2D eigenvalue weighted by Crippen LogP contribution is 2.17. The quantitative estimate of drug-likeness (QED) is 0.864. The first-order valence-electron chi connectivity index (χ1n) is 6.96. The van der Waals surface area contributed by atoms with Crippen molar-refractivity contribution in [2.75, 3.05) is 13.1 Å². The highest BCUT2D eigenvalue weighted by Gasteiger charge is 2.17. The van der Waals surface area contributed by atoms with Crippen LogP contribution in [0.4, 0.5) is 0 Å². The van der Waals surface area contributed by atoms with Crippen LogP contribution in [0.15, 0.2) is 24.3 Å². The molecule has 2 nitrogen and oxygen atoms in total. The van der Waals surface area contributed by atoms with Gasteiger partial charge in [-0.05, 0) is 42.5 Å². The zero-order valence-electron chi connectivity index (χ0n) is 11.4. The summed E-state index contributed by atoms with van der Waals surface area (Å²) >= 11 is 0. The van der Waals surface area contributed by atoms with Gasteiger partial charge in [-0.25, -0.2) is 0 Å². The second kappa shape index (κ2) is 6.14. The maximum atomic E-state index is 12.0. The minimum absolute atomic E-state index is 0.376. The molecule has 1 saturated heterocycles. The number of hydrogen-bond acceptors (Lipinski definition) is 2. The summed E-state index contributed by atoms with van der Waals surface area (Å²) in [6.45, 7) is 6.46. The van der Waals surface area contributed by atoms with Gasteiger partial charge in [0, 0.05) is 12.8 Å². The standard InChI is InChI=1S/C16H23NO/c1-12(2)15-5-3-13(4-6-15)9-16(18)10-14-7-8-17-11-14/h3-6,12,14,17H,7-11H2,1-2H3/t14-/m1/s1. The van der Waals surface area contributed by atoms with Gasteiger partial charge in [0.2, 0.25) is 0 Å². The smallest absolute Gasteiger partial charge is 0.137 e. The lowest BCUT2D eigenvalue weighted by atomic mass is 9.96. The molecule has 1 aromatic carbocycles. The summed E-state index contributed by atoms with van der Waals surface area (Å²) in [6, 6.07) is 8.48. The van der Waals surface area contributed by atoms with E-state index in [0.29, 0.717) is 24.0 Å². The summed E-state index contributed by atoms with van der Waals surface area (Å²) in [5, 5.41) is 3.31. The van der Waals surface area contributed by atoms with Crippen molar-refractivity contribution in [3.63, 3.8) is 0 Å². The molecule has 1 heterocycles. The van der Waals surface area contributed by atoms with Crippen LogP contribution in [-0.4, -0.2) is 18.9 Å². The Bertz CT molecular complexity index is 388. The summed E-state index contributed by atoms with van der Waals surface area (Å²) in [5.41, 5.74) is 2.49. The van der Waals surface area contributed by atoms with Crippen LogP contribution in [0.3, 0.4) is 0 Å². The Balaban J connectivity index is 1.86. The summed E-state index contributed by atoms with van der Waals surface area (Å²) < 4.78 is 0. The molecule has 0 bridgehead atoms. The van der Waals surface area contributed by atoms with E-state index in [1.165, 1.54) is 5.56 Å². The number of rotatable bonds is 5. The van der Waals surface area contributed by atoms with E-state index in [0.717, 1.165) is 31.5 Å². The van der Waals surface area contributed by atoms with Crippen LogP contribution in [0.5, 0.6) is 0 Å². The molecule has 0 aliphatic carbocycles. The van der Waals surface area contributed by atoms with E-state index in [4.69, 9.17) is 0 Å². The van der Waals surface area contributed by atoms with Gasteiger partial charge < -0.3 is 5.32 Å². The minimum Gasteiger partial charge on any atom is -0.316 e. The van der Waals surface area contributed by atoms with Crippen LogP contribution < -0.4 is 5.32 Å². The SMILES string of the molecule is CC(C)c1ccc(CC(=O)C[C@H]2CCNC2)cc1. The number of carbonyl (C=O) groups is 1. The Morgan fingerprint density at radius 1 is 1.33 bits per heavy atom. The predicted octanol–water partition coefficient (Wildman–Crippen LogP) is 2.92. The van der Waals surface area contributed by atoms with Crippen molar-refractivity contribution in [3.8, 4) is 0 Å². The monoisotopic (exact) mass is 245 g/mol. The van der Waals surface area contributed by atoms with Gasteiger partial charge >= 0.3 is 0 Å². The lowest BCUT2D eigenvalue weighted by Gasteiger charge is -2.08. The van der Waals surface area contributed by atoms with Gasteiger partial charge in [0.1, 0.15) is 5.78 Å². The number of hydrogen-bond donors (Lipinski definition) is 1. The van der Waals surface area contributed by atoms with Crippen molar-refractivity contribution in [2.24, 2.45) is 5.92 Å². The van der Waals surface area contributed by atoms with Gasteiger partial charge in [0.25, 0.3) is 0 Å². The van der Waals surface area contributed by atoms with Crippen LogP contribution in [-0.2, 0) is 11.2 Å². The first-order chi connectivity index (χ1) is 8.65. The highest BCUT2D eigenvalue weighted by molar-refractivity contribution is 5.81. The maximum absolute atomic E-state index is 12.0. The lowest BCUT2D eigenvalue weighted by Crippen LogP contribution is -2.14. The maximum Gasteiger partial charge on any atom is 0.137 e. The van der Waals surface area contributed by atoms with E-state index >= 15 is 0 Å². The minimum atomic E-state index is 0.376. The molecule has 1 N–H and O–H groups in total. The first kappa shape index (κ1) is 13.3. The predicted molar refractivity (Wildman–Crippen MR) is 74.8 cm³/mol. The molecule has 0 spiro atoms. The van der Waals surface area contributed by atoms with Crippen LogP contribution in [0, 0.1) is 5.92 Å². The van der Waals surface area contributed by atoms with Crippen molar-refractivity contribution in [1.82, 2.24) is 5.32 Å². The third kappa shape index (κ3) is 3.67. The fourth-order valence-corrected chi connectivity index (χ4v) is 2.53. The van der Waals surface area contributed by atoms with Gasteiger partial charge in [-0.1, -0.05) is 38.1 Å². The molecule has 0 aromatic heterocycles. The van der Waals surface area contributed by atoms with Gasteiger partial charge in [0.15, 0.2) is 0 Å². The molecule has 1 aliphatic heterocycles. The second-order valence-corrected chi connectivity index (χ2v) is 5.67. The molecule has 0 saturated carbocycles. The number of carbonyl (C=O) groups excluding carboxylic acids is 1. The zero-order chi connectivity index (χ0) is 13.0. The molecule has 98 valence electrons. The fourth-order valence-electron chi connectivity index (χ4n) is 2.53. The Labute approximate surface area is 110 Å². The molecule has 2 rings (SSSR count). The molecule has 0 amide bonds. The Kier molecular flexibility index (Phi) is 4.54. The van der Waals surface area contributed by atoms with Gasteiger partial charge in [-0.15, -0.1) is 0 Å². The van der Waals surface area contributed by atoms with Crippen LogP contribution in [0.25, 0.3) is 0 Å². The number of benzene rings is 1. The Morgan fingerprint density at radius 2 is 2.06 bits per heavy atom. The summed E-state index contributed by atoms with van der Waals surface area (Å²) in [6.07, 6.45) is 2.48. The average Bonchev–Trinajstić information content (AvgIpc) is 2.82. The Hall–Kier alpha value is -1.15. The molecular formula is C16H23NO. The van der Waals surface area contributed by atoms with Crippen LogP contribution in [0.2, 0.25) is 0 Å². The van der Waals surface area contributed by atoms with Crippen molar-refractivity contribution in [1.29, 1.82) is 0 Å². The number of Topliss-reactive ketones (excluding diaryl/α,β-unsaturated/α-hetero) is 1. The van der Waals surface area contributed by atoms with E-state index in [1.54, 1.807) is 0 Å². The average molecular weight is 245 g/mol. The van der Waals surface area contributed by atoms with Crippen molar-refractivity contribution >= 4 is 5.78 Å². The van der Waals surface area contributed by atoms with Gasteiger partial charge in [-0.2, -0.15) is 0 Å².